The summed E-state index contributed by atoms with van der Waals surface area (Å²) in [4.78, 5) is 14.5. The summed E-state index contributed by atoms with van der Waals surface area (Å²) < 4.78 is 0.333. The second kappa shape index (κ2) is 5.61. The van der Waals surface area contributed by atoms with Crippen LogP contribution in [0.3, 0.4) is 0 Å². The summed E-state index contributed by atoms with van der Waals surface area (Å²) in [5, 5.41) is 3.33. The molecule has 2 aliphatic rings. The van der Waals surface area contributed by atoms with Crippen molar-refractivity contribution in [2.45, 2.75) is 37.9 Å². The normalized spacial score (nSPS) is 29.8. The number of carbonyl (C=O) groups is 1. The minimum Gasteiger partial charge on any atom is -0.342 e. The van der Waals surface area contributed by atoms with Gasteiger partial charge in [-0.15, -0.1) is 0 Å². The Morgan fingerprint density at radius 1 is 1.41 bits per heavy atom. The molecule has 0 spiro atoms. The van der Waals surface area contributed by atoms with Crippen molar-refractivity contribution in [3.63, 3.8) is 0 Å². The van der Waals surface area contributed by atoms with Gasteiger partial charge in [-0.2, -0.15) is 11.8 Å². The van der Waals surface area contributed by atoms with Crippen LogP contribution >= 0.6 is 11.8 Å². The van der Waals surface area contributed by atoms with E-state index in [4.69, 9.17) is 0 Å². The molecular formula is C13H24N2OS. The van der Waals surface area contributed by atoms with Crippen LogP contribution in [0.1, 0.15) is 33.1 Å². The fourth-order valence-corrected chi connectivity index (χ4v) is 3.66. The molecule has 0 aromatic heterocycles. The first-order valence-electron chi connectivity index (χ1n) is 6.72. The maximum absolute atomic E-state index is 12.4. The second-order valence-electron chi connectivity index (χ2n) is 5.73. The van der Waals surface area contributed by atoms with E-state index in [2.05, 4.69) is 24.1 Å². The van der Waals surface area contributed by atoms with E-state index in [9.17, 15) is 4.79 Å². The molecule has 17 heavy (non-hydrogen) atoms. The summed E-state index contributed by atoms with van der Waals surface area (Å²) in [5.74, 6) is 1.70. The molecule has 3 nitrogen and oxygen atoms in total. The predicted octanol–water partition coefficient (Wildman–Crippen LogP) is 1.73. The lowest BCUT2D eigenvalue weighted by molar-refractivity contribution is -0.135. The van der Waals surface area contributed by atoms with E-state index in [-0.39, 0.29) is 5.92 Å². The minimum absolute atomic E-state index is 0.231. The maximum Gasteiger partial charge on any atom is 0.226 e. The number of rotatable bonds is 1. The van der Waals surface area contributed by atoms with Crippen molar-refractivity contribution in [3.05, 3.63) is 0 Å². The van der Waals surface area contributed by atoms with Crippen LogP contribution in [0.5, 0.6) is 0 Å². The van der Waals surface area contributed by atoms with Gasteiger partial charge in [-0.05, 0) is 25.8 Å². The number of piperidine rings is 1. The highest BCUT2D eigenvalue weighted by molar-refractivity contribution is 8.00. The zero-order valence-electron chi connectivity index (χ0n) is 11.0. The lowest BCUT2D eigenvalue weighted by atomic mass is 9.97. The van der Waals surface area contributed by atoms with Crippen LogP contribution in [0.4, 0.5) is 0 Å². The van der Waals surface area contributed by atoms with Crippen LogP contribution in [-0.4, -0.2) is 47.5 Å². The SMILES string of the molecule is CC1(C)CCN(C(=O)[C@H]2CCCNC2)CCS1. The molecular weight excluding hydrogens is 232 g/mol. The molecule has 1 amide bonds. The zero-order chi connectivity index (χ0) is 12.3. The molecule has 2 heterocycles. The number of amides is 1. The molecule has 0 aromatic carbocycles. The van der Waals surface area contributed by atoms with E-state index >= 15 is 0 Å². The fourth-order valence-electron chi connectivity index (χ4n) is 2.56. The summed E-state index contributed by atoms with van der Waals surface area (Å²) in [7, 11) is 0. The molecule has 2 saturated heterocycles. The van der Waals surface area contributed by atoms with Gasteiger partial charge in [0.15, 0.2) is 0 Å². The number of hydrogen-bond acceptors (Lipinski definition) is 3. The highest BCUT2D eigenvalue weighted by atomic mass is 32.2. The fraction of sp³-hybridized carbons (Fsp3) is 0.923. The first-order valence-corrected chi connectivity index (χ1v) is 7.70. The predicted molar refractivity (Wildman–Crippen MR) is 73.3 cm³/mol. The van der Waals surface area contributed by atoms with Gasteiger partial charge >= 0.3 is 0 Å². The van der Waals surface area contributed by atoms with Crippen LogP contribution in [0.15, 0.2) is 0 Å². The number of hydrogen-bond donors (Lipinski definition) is 1. The summed E-state index contributed by atoms with van der Waals surface area (Å²) in [6.45, 7) is 8.40. The van der Waals surface area contributed by atoms with Gasteiger partial charge in [0, 0.05) is 30.1 Å². The van der Waals surface area contributed by atoms with Gasteiger partial charge in [-0.25, -0.2) is 0 Å². The van der Waals surface area contributed by atoms with E-state index in [1.54, 1.807) is 0 Å². The standard InChI is InChI=1S/C13H24N2OS/c1-13(2)5-7-15(8-9-17-13)12(16)11-4-3-6-14-10-11/h11,14H,3-10H2,1-2H3/t11-/m0/s1. The average Bonchev–Trinajstić information content (AvgIpc) is 2.50. The van der Waals surface area contributed by atoms with E-state index in [1.807, 2.05) is 11.8 Å². The molecule has 2 aliphatic heterocycles. The van der Waals surface area contributed by atoms with Crippen molar-refractivity contribution in [2.75, 3.05) is 31.9 Å². The van der Waals surface area contributed by atoms with Gasteiger partial charge in [-0.3, -0.25) is 4.79 Å². The van der Waals surface area contributed by atoms with Gasteiger partial charge in [0.2, 0.25) is 5.91 Å². The zero-order valence-corrected chi connectivity index (χ0v) is 11.8. The van der Waals surface area contributed by atoms with Crippen molar-refractivity contribution in [1.29, 1.82) is 0 Å². The van der Waals surface area contributed by atoms with E-state index in [1.165, 1.54) is 0 Å². The highest BCUT2D eigenvalue weighted by Crippen LogP contribution is 2.31. The Labute approximate surface area is 109 Å². The van der Waals surface area contributed by atoms with Crippen LogP contribution in [-0.2, 0) is 4.79 Å². The van der Waals surface area contributed by atoms with E-state index < -0.39 is 0 Å². The van der Waals surface area contributed by atoms with Crippen LogP contribution in [0.2, 0.25) is 0 Å². The second-order valence-corrected chi connectivity index (χ2v) is 7.53. The molecule has 0 saturated carbocycles. The molecule has 98 valence electrons. The third kappa shape index (κ3) is 3.62. The Hall–Kier alpha value is -0.220. The Kier molecular flexibility index (Phi) is 4.36. The molecule has 2 rings (SSSR count). The first kappa shape index (κ1) is 13.2. The summed E-state index contributed by atoms with van der Waals surface area (Å²) in [6.07, 6.45) is 3.33. The molecule has 0 aromatic rings. The van der Waals surface area contributed by atoms with Crippen molar-refractivity contribution in [2.24, 2.45) is 5.92 Å². The third-order valence-electron chi connectivity index (χ3n) is 3.80. The molecule has 0 unspecified atom stereocenters. The Morgan fingerprint density at radius 3 is 2.94 bits per heavy atom. The van der Waals surface area contributed by atoms with Crippen molar-refractivity contribution >= 4 is 17.7 Å². The molecule has 2 fully saturated rings. The number of thioether (sulfide) groups is 1. The smallest absolute Gasteiger partial charge is 0.226 e. The Morgan fingerprint density at radius 2 is 2.24 bits per heavy atom. The molecule has 4 heteroatoms. The third-order valence-corrected chi connectivity index (χ3v) is 5.17. The van der Waals surface area contributed by atoms with Crippen LogP contribution < -0.4 is 5.32 Å². The number of nitrogens with one attached hydrogen (secondary N) is 1. The largest absolute Gasteiger partial charge is 0.342 e. The van der Waals surface area contributed by atoms with Gasteiger partial charge < -0.3 is 10.2 Å². The first-order chi connectivity index (χ1) is 8.08. The summed E-state index contributed by atoms with van der Waals surface area (Å²) in [6, 6.07) is 0. The Balaban J connectivity index is 1.90. The van der Waals surface area contributed by atoms with Gasteiger partial charge in [-0.1, -0.05) is 13.8 Å². The molecule has 1 atom stereocenters. The topological polar surface area (TPSA) is 32.3 Å². The highest BCUT2D eigenvalue weighted by Gasteiger charge is 2.30. The number of carbonyl (C=O) groups excluding carboxylic acids is 1. The van der Waals surface area contributed by atoms with E-state index in [0.717, 1.165) is 51.2 Å². The monoisotopic (exact) mass is 256 g/mol. The van der Waals surface area contributed by atoms with Crippen LogP contribution in [0, 0.1) is 5.92 Å². The minimum atomic E-state index is 0.231. The van der Waals surface area contributed by atoms with Crippen LogP contribution in [0.25, 0.3) is 0 Å². The molecule has 0 radical (unpaired) electrons. The molecule has 0 bridgehead atoms. The molecule has 1 N–H and O–H groups in total. The average molecular weight is 256 g/mol. The van der Waals surface area contributed by atoms with Crippen molar-refractivity contribution in [1.82, 2.24) is 10.2 Å². The lowest BCUT2D eigenvalue weighted by Crippen LogP contribution is -2.44. The molecule has 0 aliphatic carbocycles. The van der Waals surface area contributed by atoms with E-state index in [0.29, 0.717) is 10.7 Å². The van der Waals surface area contributed by atoms with Gasteiger partial charge in [0.05, 0.1) is 5.92 Å². The lowest BCUT2D eigenvalue weighted by Gasteiger charge is -2.29. The Bertz CT molecular complexity index is 275. The number of nitrogens with zero attached hydrogens (tertiary/aromatic N) is 1. The summed E-state index contributed by atoms with van der Waals surface area (Å²) in [5.41, 5.74) is 0. The maximum atomic E-state index is 12.4. The van der Waals surface area contributed by atoms with Gasteiger partial charge in [0.25, 0.3) is 0 Å². The quantitative estimate of drug-likeness (QED) is 0.775. The van der Waals surface area contributed by atoms with Gasteiger partial charge in [0.1, 0.15) is 0 Å². The summed E-state index contributed by atoms with van der Waals surface area (Å²) >= 11 is 2.00. The van der Waals surface area contributed by atoms with Crippen molar-refractivity contribution in [3.8, 4) is 0 Å². The van der Waals surface area contributed by atoms with Crippen molar-refractivity contribution < 1.29 is 4.79 Å².